The molecule has 3 nitrogen and oxygen atoms in total. The van der Waals surface area contributed by atoms with Crippen LogP contribution in [0.1, 0.15) is 0 Å². The predicted octanol–water partition coefficient (Wildman–Crippen LogP) is 3.59. The van der Waals surface area contributed by atoms with Crippen LogP contribution < -0.4 is 5.73 Å². The Kier molecular flexibility index (Phi) is 2.46. The van der Waals surface area contributed by atoms with Gasteiger partial charge in [0.25, 0.3) is 0 Å². The van der Waals surface area contributed by atoms with Gasteiger partial charge in [-0.25, -0.2) is 4.98 Å². The first kappa shape index (κ1) is 10.5. The van der Waals surface area contributed by atoms with Crippen LogP contribution in [0.2, 0.25) is 5.02 Å². The molecule has 0 aliphatic carbocycles. The molecule has 2 aromatic heterocycles. The number of thiazole rings is 1. The molecule has 5 heteroatoms. The molecule has 0 unspecified atom stereocenters. The molecule has 0 amide bonds. The van der Waals surface area contributed by atoms with Gasteiger partial charge in [-0.2, -0.15) is 0 Å². The topological polar surface area (TPSA) is 51.8 Å². The van der Waals surface area contributed by atoms with Crippen molar-refractivity contribution in [3.63, 3.8) is 0 Å². The van der Waals surface area contributed by atoms with E-state index in [1.165, 1.54) is 11.3 Å². The highest BCUT2D eigenvalue weighted by atomic mass is 35.5. The summed E-state index contributed by atoms with van der Waals surface area (Å²) in [6.07, 6.45) is 1.71. The Hall–Kier alpha value is -1.65. The average Bonchev–Trinajstić information content (AvgIpc) is 2.75. The fourth-order valence-electron chi connectivity index (χ4n) is 1.61. The number of hydrogen-bond acceptors (Lipinski definition) is 4. The molecule has 2 heterocycles. The molecular weight excluding hydrogens is 254 g/mol. The number of nitrogen functional groups attached to an aromatic ring is 1. The standard InChI is InChI=1S/C12H8ClN3S/c13-7-3-1-5-9-11(7)17-12(16-9)10-8(14)4-2-6-15-10/h1-6H,14H2. The van der Waals surface area contributed by atoms with Crippen molar-refractivity contribution in [1.82, 2.24) is 9.97 Å². The maximum Gasteiger partial charge on any atom is 0.145 e. The van der Waals surface area contributed by atoms with Crippen LogP contribution in [0.3, 0.4) is 0 Å². The maximum absolute atomic E-state index is 6.12. The van der Waals surface area contributed by atoms with Gasteiger partial charge in [-0.05, 0) is 24.3 Å². The van der Waals surface area contributed by atoms with Gasteiger partial charge >= 0.3 is 0 Å². The summed E-state index contributed by atoms with van der Waals surface area (Å²) in [4.78, 5) is 8.75. The molecule has 0 radical (unpaired) electrons. The summed E-state index contributed by atoms with van der Waals surface area (Å²) in [5.41, 5.74) is 8.10. The van der Waals surface area contributed by atoms with E-state index in [9.17, 15) is 0 Å². The number of aromatic nitrogens is 2. The highest BCUT2D eigenvalue weighted by Gasteiger charge is 2.11. The van der Waals surface area contributed by atoms with E-state index in [0.717, 1.165) is 15.2 Å². The molecule has 0 aliphatic rings. The predicted molar refractivity (Wildman–Crippen MR) is 72.3 cm³/mol. The Morgan fingerprint density at radius 1 is 1.18 bits per heavy atom. The smallest absolute Gasteiger partial charge is 0.145 e. The molecule has 84 valence electrons. The minimum atomic E-state index is 0.627. The number of fused-ring (bicyclic) bond motifs is 1. The van der Waals surface area contributed by atoms with Crippen LogP contribution in [0, 0.1) is 0 Å². The van der Waals surface area contributed by atoms with Crippen molar-refractivity contribution in [2.75, 3.05) is 5.73 Å². The minimum Gasteiger partial charge on any atom is -0.397 e. The van der Waals surface area contributed by atoms with Gasteiger partial charge in [0.05, 0.1) is 20.9 Å². The number of pyridine rings is 1. The molecule has 0 saturated carbocycles. The third-order valence-corrected chi connectivity index (χ3v) is 3.95. The van der Waals surface area contributed by atoms with Crippen LogP contribution in [0.5, 0.6) is 0 Å². The fourth-order valence-corrected chi connectivity index (χ4v) is 2.89. The van der Waals surface area contributed by atoms with Crippen LogP contribution >= 0.6 is 22.9 Å². The molecule has 0 saturated heterocycles. The van der Waals surface area contributed by atoms with Crippen molar-refractivity contribution in [2.24, 2.45) is 0 Å². The first-order valence-corrected chi connectivity index (χ1v) is 6.21. The van der Waals surface area contributed by atoms with Gasteiger partial charge in [-0.3, -0.25) is 4.98 Å². The van der Waals surface area contributed by atoms with Gasteiger partial charge in [0.2, 0.25) is 0 Å². The first-order chi connectivity index (χ1) is 8.25. The lowest BCUT2D eigenvalue weighted by molar-refractivity contribution is 1.31. The highest BCUT2D eigenvalue weighted by Crippen LogP contribution is 2.35. The largest absolute Gasteiger partial charge is 0.397 e. The molecule has 17 heavy (non-hydrogen) atoms. The Bertz CT molecular complexity index is 693. The van der Waals surface area contributed by atoms with Crippen LogP contribution in [0.4, 0.5) is 5.69 Å². The monoisotopic (exact) mass is 261 g/mol. The lowest BCUT2D eigenvalue weighted by Crippen LogP contribution is -1.91. The van der Waals surface area contributed by atoms with Gasteiger partial charge in [0.15, 0.2) is 0 Å². The second-order valence-corrected chi connectivity index (χ2v) is 4.95. The van der Waals surface area contributed by atoms with Crippen LogP contribution in [0.25, 0.3) is 20.9 Å². The summed E-state index contributed by atoms with van der Waals surface area (Å²) >= 11 is 7.62. The van der Waals surface area contributed by atoms with E-state index in [2.05, 4.69) is 9.97 Å². The van der Waals surface area contributed by atoms with E-state index in [1.54, 1.807) is 12.3 Å². The van der Waals surface area contributed by atoms with E-state index in [4.69, 9.17) is 17.3 Å². The molecule has 1 aromatic carbocycles. The van der Waals surface area contributed by atoms with Crippen molar-refractivity contribution in [3.8, 4) is 10.7 Å². The SMILES string of the molecule is Nc1cccnc1-c1nc2cccc(Cl)c2s1. The summed E-state index contributed by atoms with van der Waals surface area (Å²) in [6.45, 7) is 0. The number of hydrogen-bond donors (Lipinski definition) is 1. The Morgan fingerprint density at radius 3 is 2.82 bits per heavy atom. The second kappa shape index (κ2) is 3.98. The summed E-state index contributed by atoms with van der Waals surface area (Å²) in [5, 5.41) is 1.51. The zero-order valence-electron chi connectivity index (χ0n) is 8.72. The molecule has 2 N–H and O–H groups in total. The highest BCUT2D eigenvalue weighted by molar-refractivity contribution is 7.22. The summed E-state index contributed by atoms with van der Waals surface area (Å²) in [6, 6.07) is 9.29. The third kappa shape index (κ3) is 1.75. The third-order valence-electron chi connectivity index (χ3n) is 2.41. The molecule has 3 aromatic rings. The second-order valence-electron chi connectivity index (χ2n) is 3.55. The summed E-state index contributed by atoms with van der Waals surface area (Å²) < 4.78 is 0.967. The van der Waals surface area contributed by atoms with E-state index < -0.39 is 0 Å². The molecule has 0 fully saturated rings. The number of nitrogens with two attached hydrogens (primary N) is 1. The Balaban J connectivity index is 2.26. The Morgan fingerprint density at radius 2 is 2.06 bits per heavy atom. The number of benzene rings is 1. The van der Waals surface area contributed by atoms with E-state index in [0.29, 0.717) is 16.4 Å². The number of anilines is 1. The molecule has 0 bridgehead atoms. The van der Waals surface area contributed by atoms with Gasteiger partial charge in [0, 0.05) is 6.20 Å². The molecule has 3 rings (SSSR count). The van der Waals surface area contributed by atoms with Gasteiger partial charge < -0.3 is 5.73 Å². The molecule has 0 atom stereocenters. The molecule has 0 aliphatic heterocycles. The quantitative estimate of drug-likeness (QED) is 0.728. The zero-order chi connectivity index (χ0) is 11.8. The molecular formula is C12H8ClN3S. The number of halogens is 1. The Labute approximate surface area is 107 Å². The van der Waals surface area contributed by atoms with Gasteiger partial charge in [-0.1, -0.05) is 17.7 Å². The van der Waals surface area contributed by atoms with Crippen molar-refractivity contribution in [3.05, 3.63) is 41.6 Å². The zero-order valence-corrected chi connectivity index (χ0v) is 10.3. The fraction of sp³-hybridized carbons (Fsp3) is 0. The van der Waals surface area contributed by atoms with Crippen LogP contribution in [-0.4, -0.2) is 9.97 Å². The molecule has 0 spiro atoms. The number of nitrogens with zero attached hydrogens (tertiary/aromatic N) is 2. The normalized spacial score (nSPS) is 10.9. The average molecular weight is 262 g/mol. The maximum atomic E-state index is 6.12. The summed E-state index contributed by atoms with van der Waals surface area (Å²) in [7, 11) is 0. The van der Waals surface area contributed by atoms with Crippen molar-refractivity contribution in [2.45, 2.75) is 0 Å². The van der Waals surface area contributed by atoms with E-state index in [-0.39, 0.29) is 0 Å². The van der Waals surface area contributed by atoms with Gasteiger partial charge in [0.1, 0.15) is 10.7 Å². The van der Waals surface area contributed by atoms with Gasteiger partial charge in [-0.15, -0.1) is 11.3 Å². The van der Waals surface area contributed by atoms with Crippen LogP contribution in [-0.2, 0) is 0 Å². The first-order valence-electron chi connectivity index (χ1n) is 5.01. The van der Waals surface area contributed by atoms with E-state index in [1.807, 2.05) is 24.3 Å². The minimum absolute atomic E-state index is 0.627. The van der Waals surface area contributed by atoms with Crippen molar-refractivity contribution >= 4 is 38.8 Å². The van der Waals surface area contributed by atoms with Crippen molar-refractivity contribution in [1.29, 1.82) is 0 Å². The number of rotatable bonds is 1. The van der Waals surface area contributed by atoms with E-state index >= 15 is 0 Å². The summed E-state index contributed by atoms with van der Waals surface area (Å²) in [5.74, 6) is 0. The lowest BCUT2D eigenvalue weighted by Gasteiger charge is -1.98. The lowest BCUT2D eigenvalue weighted by atomic mass is 10.3. The van der Waals surface area contributed by atoms with Crippen molar-refractivity contribution < 1.29 is 0 Å². The van der Waals surface area contributed by atoms with Crippen LogP contribution in [0.15, 0.2) is 36.5 Å².